The Hall–Kier alpha value is -1.86. The molecular formula is C24H36BN2O4. The molecule has 4 unspecified atom stereocenters. The summed E-state index contributed by atoms with van der Waals surface area (Å²) >= 11 is 0. The molecule has 3 N–H and O–H groups in total. The monoisotopic (exact) mass is 427 g/mol. The van der Waals surface area contributed by atoms with Gasteiger partial charge in [0, 0.05) is 18.7 Å². The van der Waals surface area contributed by atoms with Gasteiger partial charge in [-0.2, -0.15) is 0 Å². The fourth-order valence-corrected chi connectivity index (χ4v) is 5.48. The molecule has 4 atom stereocenters. The third-order valence-electron chi connectivity index (χ3n) is 7.15. The second-order valence-electron chi connectivity index (χ2n) is 10.6. The number of amides is 1. The van der Waals surface area contributed by atoms with Crippen molar-refractivity contribution in [2.24, 2.45) is 17.3 Å². The van der Waals surface area contributed by atoms with Crippen molar-refractivity contribution in [3.8, 4) is 0 Å². The topological polar surface area (TPSA) is 87.7 Å². The highest BCUT2D eigenvalue weighted by molar-refractivity contribution is 6.40. The van der Waals surface area contributed by atoms with E-state index in [1.165, 1.54) is 37.1 Å². The van der Waals surface area contributed by atoms with Gasteiger partial charge in [-0.1, -0.05) is 20.8 Å². The maximum Gasteiger partial charge on any atom is 0.335 e. The molecule has 1 amide bonds. The smallest absolute Gasteiger partial charge is 0.335 e. The zero-order valence-electron chi connectivity index (χ0n) is 19.6. The van der Waals surface area contributed by atoms with E-state index in [1.807, 2.05) is 0 Å². The standard InChI is InChI=1S/C24H36BN2O4/c1-15-7-12-18-23(5,6)24(18,19(15)31-22(2,3)4)25-27-14-13-26-20(28)16-8-10-17(11-9-16)21(29)30/h8-11,15,18-19,27H,7,12-14H2,1-6H3,(H,26,28)(H,29,30). The Labute approximate surface area is 186 Å². The van der Waals surface area contributed by atoms with Gasteiger partial charge in [-0.15, -0.1) is 0 Å². The van der Waals surface area contributed by atoms with E-state index in [0.29, 0.717) is 30.5 Å². The van der Waals surface area contributed by atoms with Gasteiger partial charge in [-0.25, -0.2) is 4.79 Å². The number of fused-ring (bicyclic) bond motifs is 1. The van der Waals surface area contributed by atoms with Crippen molar-refractivity contribution >= 4 is 19.3 Å². The van der Waals surface area contributed by atoms with E-state index in [4.69, 9.17) is 9.84 Å². The molecule has 3 rings (SSSR count). The number of carbonyl (C=O) groups excluding carboxylic acids is 1. The van der Waals surface area contributed by atoms with Crippen LogP contribution >= 0.6 is 0 Å². The molecule has 169 valence electrons. The van der Waals surface area contributed by atoms with Crippen molar-refractivity contribution in [1.29, 1.82) is 0 Å². The lowest BCUT2D eigenvalue weighted by molar-refractivity contribution is -0.101. The van der Waals surface area contributed by atoms with Crippen LogP contribution in [0.15, 0.2) is 24.3 Å². The predicted molar refractivity (Wildman–Crippen MR) is 122 cm³/mol. The minimum atomic E-state index is -1.00. The van der Waals surface area contributed by atoms with Crippen LogP contribution < -0.4 is 10.5 Å². The van der Waals surface area contributed by atoms with E-state index >= 15 is 0 Å². The number of carboxylic acid groups (broad SMARTS) is 1. The van der Waals surface area contributed by atoms with Crippen molar-refractivity contribution in [3.63, 3.8) is 0 Å². The number of ether oxygens (including phenoxy) is 1. The number of nitrogens with one attached hydrogen (secondary N) is 2. The van der Waals surface area contributed by atoms with Gasteiger partial charge in [0.25, 0.3) is 5.91 Å². The van der Waals surface area contributed by atoms with Crippen LogP contribution in [0.4, 0.5) is 0 Å². The van der Waals surface area contributed by atoms with Crippen molar-refractivity contribution < 1.29 is 19.4 Å². The highest BCUT2D eigenvalue weighted by atomic mass is 16.5. The Bertz CT molecular complexity index is 818. The van der Waals surface area contributed by atoms with Gasteiger partial charge in [-0.3, -0.25) is 4.79 Å². The summed E-state index contributed by atoms with van der Waals surface area (Å²) in [7, 11) is 2.25. The molecule has 1 aromatic rings. The fraction of sp³-hybridized carbons (Fsp3) is 0.667. The Morgan fingerprint density at radius 3 is 2.32 bits per heavy atom. The average Bonchev–Trinajstić information content (AvgIpc) is 3.18. The highest BCUT2D eigenvalue weighted by Crippen LogP contribution is 2.81. The molecule has 0 bridgehead atoms. The molecule has 0 heterocycles. The van der Waals surface area contributed by atoms with Crippen LogP contribution in [0, 0.1) is 17.3 Å². The van der Waals surface area contributed by atoms with Gasteiger partial charge in [-0.05, 0) is 80.4 Å². The molecule has 2 fully saturated rings. The maximum absolute atomic E-state index is 12.3. The Kier molecular flexibility index (Phi) is 6.59. The van der Waals surface area contributed by atoms with E-state index in [9.17, 15) is 9.59 Å². The van der Waals surface area contributed by atoms with Gasteiger partial charge < -0.3 is 20.4 Å². The number of hydrogen-bond acceptors (Lipinski definition) is 4. The van der Waals surface area contributed by atoms with Gasteiger partial charge in [0.2, 0.25) is 7.41 Å². The van der Waals surface area contributed by atoms with E-state index < -0.39 is 5.97 Å². The first-order valence-electron chi connectivity index (χ1n) is 11.3. The van der Waals surface area contributed by atoms with Crippen LogP contribution in [0.25, 0.3) is 0 Å². The van der Waals surface area contributed by atoms with Crippen LogP contribution in [0.3, 0.4) is 0 Å². The zero-order valence-corrected chi connectivity index (χ0v) is 19.6. The number of carbonyl (C=O) groups is 2. The van der Waals surface area contributed by atoms with Gasteiger partial charge in [0.05, 0.1) is 17.3 Å². The molecule has 0 aliphatic heterocycles. The molecule has 7 heteroatoms. The second kappa shape index (κ2) is 8.59. The molecule has 2 aliphatic rings. The number of carboxylic acids is 1. The predicted octanol–water partition coefficient (Wildman–Crippen LogP) is 3.75. The Morgan fingerprint density at radius 1 is 1.13 bits per heavy atom. The Balaban J connectivity index is 1.53. The average molecular weight is 427 g/mol. The second-order valence-corrected chi connectivity index (χ2v) is 10.6. The molecule has 31 heavy (non-hydrogen) atoms. The minimum Gasteiger partial charge on any atom is -0.478 e. The van der Waals surface area contributed by atoms with Crippen LogP contribution in [-0.2, 0) is 4.74 Å². The lowest BCUT2D eigenvalue weighted by Gasteiger charge is -2.41. The van der Waals surface area contributed by atoms with Crippen molar-refractivity contribution in [2.75, 3.05) is 13.1 Å². The molecule has 1 radical (unpaired) electrons. The van der Waals surface area contributed by atoms with E-state index in [-0.39, 0.29) is 33.9 Å². The van der Waals surface area contributed by atoms with E-state index in [2.05, 4.69) is 59.5 Å². The summed E-state index contributed by atoms with van der Waals surface area (Å²) in [6.07, 6.45) is 2.59. The molecule has 0 aromatic heterocycles. The third-order valence-corrected chi connectivity index (χ3v) is 7.15. The molecule has 6 nitrogen and oxygen atoms in total. The zero-order chi connectivity index (χ0) is 23.0. The summed E-state index contributed by atoms with van der Waals surface area (Å²) in [6, 6.07) is 5.95. The van der Waals surface area contributed by atoms with Crippen molar-refractivity contribution in [3.05, 3.63) is 35.4 Å². The van der Waals surface area contributed by atoms with Crippen LogP contribution in [-0.4, -0.2) is 49.2 Å². The summed E-state index contributed by atoms with van der Waals surface area (Å²) in [5, 5.41) is 15.3. The highest BCUT2D eigenvalue weighted by Gasteiger charge is 2.75. The molecular weight excluding hydrogens is 391 g/mol. The molecule has 2 aliphatic carbocycles. The molecule has 1 aromatic carbocycles. The van der Waals surface area contributed by atoms with Gasteiger partial charge >= 0.3 is 5.97 Å². The van der Waals surface area contributed by atoms with Gasteiger partial charge in [0.1, 0.15) is 0 Å². The van der Waals surface area contributed by atoms with E-state index in [1.54, 1.807) is 0 Å². The summed E-state index contributed by atoms with van der Waals surface area (Å²) in [4.78, 5) is 23.2. The number of benzene rings is 1. The van der Waals surface area contributed by atoms with Crippen LogP contribution in [0.2, 0.25) is 5.31 Å². The van der Waals surface area contributed by atoms with Crippen molar-refractivity contribution in [1.82, 2.24) is 10.5 Å². The number of rotatable bonds is 8. The summed E-state index contributed by atoms with van der Waals surface area (Å²) in [5.74, 6) is -0.0953. The fourth-order valence-electron chi connectivity index (χ4n) is 5.48. The number of aromatic carboxylic acids is 1. The quantitative estimate of drug-likeness (QED) is 0.435. The molecule has 0 spiro atoms. The van der Waals surface area contributed by atoms with E-state index in [0.717, 1.165) is 0 Å². The first-order valence-corrected chi connectivity index (χ1v) is 11.3. The Morgan fingerprint density at radius 2 is 1.74 bits per heavy atom. The first-order chi connectivity index (χ1) is 14.4. The number of hydrogen-bond donors (Lipinski definition) is 3. The first kappa shape index (κ1) is 23.8. The SMILES string of the molecule is CC1CCC2C(C)(C)C2([B]NCCNC(=O)c2ccc(C(=O)O)cc2)C1OC(C)(C)C. The van der Waals surface area contributed by atoms with Gasteiger partial charge in [0.15, 0.2) is 0 Å². The largest absolute Gasteiger partial charge is 0.478 e. The lowest BCUT2D eigenvalue weighted by atomic mass is 9.58. The lowest BCUT2D eigenvalue weighted by Crippen LogP contribution is -2.46. The molecule has 0 saturated heterocycles. The minimum absolute atomic E-state index is 0.00855. The van der Waals surface area contributed by atoms with Crippen LogP contribution in [0.1, 0.15) is 75.1 Å². The third kappa shape index (κ3) is 4.68. The van der Waals surface area contributed by atoms with Crippen molar-refractivity contribution in [2.45, 2.75) is 71.4 Å². The van der Waals surface area contributed by atoms with Crippen LogP contribution in [0.5, 0.6) is 0 Å². The molecule has 2 saturated carbocycles. The normalized spacial score (nSPS) is 29.0. The summed E-state index contributed by atoms with van der Waals surface area (Å²) in [5.41, 5.74) is 0.624. The summed E-state index contributed by atoms with van der Waals surface area (Å²) in [6.45, 7) is 14.5. The maximum atomic E-state index is 12.3. The summed E-state index contributed by atoms with van der Waals surface area (Å²) < 4.78 is 6.58.